The fraction of sp³-hybridized carbons (Fsp3) is 0.500. The van der Waals surface area contributed by atoms with Crippen LogP contribution in [0.2, 0.25) is 0 Å². The Morgan fingerprint density at radius 1 is 1.08 bits per heavy atom. The second kappa shape index (κ2) is 9.05. The van der Waals surface area contributed by atoms with Crippen molar-refractivity contribution >= 4 is 18.0 Å². The summed E-state index contributed by atoms with van der Waals surface area (Å²) in [7, 11) is 1.26. The average molecular weight is 350 g/mol. The van der Waals surface area contributed by atoms with Gasteiger partial charge in [-0.05, 0) is 33.3 Å². The molecule has 0 spiro atoms. The number of rotatable bonds is 6. The van der Waals surface area contributed by atoms with Crippen LogP contribution in [0.25, 0.3) is 0 Å². The number of carbonyl (C=O) groups is 3. The standard InChI is InChI=1S/C18H26N2O5/c1-12(19-17(23)25-18(2,3)4)15(21)20-14(16(22)24-5)11-13-9-7-6-8-10-13/h6-10,12,14H,11H2,1-5H3,(H,19,23)(H,20,21)/t12?,14-/m0/s1. The van der Waals surface area contributed by atoms with Crippen LogP contribution in [0, 0.1) is 0 Å². The Morgan fingerprint density at radius 3 is 2.20 bits per heavy atom. The highest BCUT2D eigenvalue weighted by Gasteiger charge is 2.26. The van der Waals surface area contributed by atoms with E-state index in [9.17, 15) is 14.4 Å². The maximum Gasteiger partial charge on any atom is 0.408 e. The number of amides is 2. The van der Waals surface area contributed by atoms with Crippen LogP contribution in [0.3, 0.4) is 0 Å². The summed E-state index contributed by atoms with van der Waals surface area (Å²) in [5.74, 6) is -1.06. The number of ether oxygens (including phenoxy) is 2. The quantitative estimate of drug-likeness (QED) is 0.763. The van der Waals surface area contributed by atoms with Crippen molar-refractivity contribution in [1.29, 1.82) is 0 Å². The Balaban J connectivity index is 2.68. The van der Waals surface area contributed by atoms with Crippen molar-refractivity contribution in [3.05, 3.63) is 35.9 Å². The third-order valence-corrected chi connectivity index (χ3v) is 3.21. The van der Waals surface area contributed by atoms with Crippen LogP contribution in [0.1, 0.15) is 33.3 Å². The molecule has 1 aromatic rings. The van der Waals surface area contributed by atoms with E-state index in [-0.39, 0.29) is 0 Å². The van der Waals surface area contributed by atoms with E-state index in [1.807, 2.05) is 30.3 Å². The average Bonchev–Trinajstić information content (AvgIpc) is 2.52. The summed E-state index contributed by atoms with van der Waals surface area (Å²) in [6.07, 6.45) is -0.411. The van der Waals surface area contributed by atoms with Gasteiger partial charge in [0, 0.05) is 6.42 Å². The number of carbonyl (C=O) groups excluding carboxylic acids is 3. The highest BCUT2D eigenvalue weighted by molar-refractivity contribution is 5.89. The summed E-state index contributed by atoms with van der Waals surface area (Å²) in [5, 5.41) is 5.04. The largest absolute Gasteiger partial charge is 0.467 e. The molecule has 2 amide bonds. The molecule has 2 N–H and O–H groups in total. The molecule has 1 rings (SSSR count). The minimum Gasteiger partial charge on any atom is -0.467 e. The van der Waals surface area contributed by atoms with Gasteiger partial charge in [-0.2, -0.15) is 0 Å². The third kappa shape index (κ3) is 7.69. The van der Waals surface area contributed by atoms with Crippen molar-refractivity contribution < 1.29 is 23.9 Å². The Kier molecular flexibility index (Phi) is 7.42. The van der Waals surface area contributed by atoms with Crippen LogP contribution in [0.4, 0.5) is 4.79 Å². The molecule has 0 aromatic heterocycles. The summed E-state index contributed by atoms with van der Waals surface area (Å²) >= 11 is 0. The lowest BCUT2D eigenvalue weighted by Crippen LogP contribution is -2.51. The second-order valence-corrected chi connectivity index (χ2v) is 6.64. The highest BCUT2D eigenvalue weighted by atomic mass is 16.6. The molecule has 0 heterocycles. The number of hydrogen-bond donors (Lipinski definition) is 2. The molecule has 0 bridgehead atoms. The summed E-state index contributed by atoms with van der Waals surface area (Å²) in [6.45, 7) is 6.69. The lowest BCUT2D eigenvalue weighted by Gasteiger charge is -2.23. The minimum atomic E-state index is -0.863. The van der Waals surface area contributed by atoms with Crippen LogP contribution in [0.5, 0.6) is 0 Å². The van der Waals surface area contributed by atoms with Gasteiger partial charge in [0.1, 0.15) is 17.7 Å². The zero-order chi connectivity index (χ0) is 19.0. The first-order valence-electron chi connectivity index (χ1n) is 8.04. The molecule has 7 heteroatoms. The number of benzene rings is 1. The molecule has 0 aliphatic heterocycles. The van der Waals surface area contributed by atoms with E-state index < -0.39 is 35.7 Å². The van der Waals surface area contributed by atoms with E-state index in [0.717, 1.165) is 5.56 Å². The maximum absolute atomic E-state index is 12.3. The number of alkyl carbamates (subject to hydrolysis) is 1. The van der Waals surface area contributed by atoms with Gasteiger partial charge in [-0.25, -0.2) is 9.59 Å². The first-order chi connectivity index (χ1) is 11.6. The van der Waals surface area contributed by atoms with E-state index >= 15 is 0 Å². The van der Waals surface area contributed by atoms with Crippen molar-refractivity contribution in [2.24, 2.45) is 0 Å². The maximum atomic E-state index is 12.3. The molecule has 2 atom stereocenters. The molecule has 1 unspecified atom stereocenters. The molecule has 7 nitrogen and oxygen atoms in total. The van der Waals surface area contributed by atoms with Crippen molar-refractivity contribution in [3.8, 4) is 0 Å². The van der Waals surface area contributed by atoms with Gasteiger partial charge < -0.3 is 20.1 Å². The van der Waals surface area contributed by atoms with Gasteiger partial charge in [-0.15, -0.1) is 0 Å². The molecule has 0 fully saturated rings. The Bertz CT molecular complexity index is 595. The summed E-state index contributed by atoms with van der Waals surface area (Å²) in [5.41, 5.74) is 0.216. The van der Waals surface area contributed by atoms with E-state index in [1.54, 1.807) is 20.8 Å². The van der Waals surface area contributed by atoms with Crippen LogP contribution < -0.4 is 10.6 Å². The third-order valence-electron chi connectivity index (χ3n) is 3.21. The first kappa shape index (κ1) is 20.5. The zero-order valence-corrected chi connectivity index (χ0v) is 15.3. The summed E-state index contributed by atoms with van der Waals surface area (Å²) in [6, 6.07) is 7.55. The van der Waals surface area contributed by atoms with E-state index in [4.69, 9.17) is 9.47 Å². The van der Waals surface area contributed by atoms with E-state index in [2.05, 4.69) is 10.6 Å². The molecule has 0 saturated heterocycles. The molecular weight excluding hydrogens is 324 g/mol. The van der Waals surface area contributed by atoms with Gasteiger partial charge in [0.2, 0.25) is 5.91 Å². The van der Waals surface area contributed by atoms with Gasteiger partial charge in [0.05, 0.1) is 7.11 Å². The van der Waals surface area contributed by atoms with Crippen molar-refractivity contribution in [2.75, 3.05) is 7.11 Å². The van der Waals surface area contributed by atoms with Crippen LogP contribution in [-0.2, 0) is 25.5 Å². The zero-order valence-electron chi connectivity index (χ0n) is 15.3. The topological polar surface area (TPSA) is 93.7 Å². The van der Waals surface area contributed by atoms with Gasteiger partial charge in [0.25, 0.3) is 0 Å². The molecule has 0 aliphatic rings. The van der Waals surface area contributed by atoms with Gasteiger partial charge in [-0.3, -0.25) is 4.79 Å². The number of nitrogens with one attached hydrogen (secondary N) is 2. The number of esters is 1. The molecule has 25 heavy (non-hydrogen) atoms. The predicted octanol–water partition coefficient (Wildman–Crippen LogP) is 1.80. The van der Waals surface area contributed by atoms with Crippen LogP contribution in [-0.4, -0.2) is 42.8 Å². The molecule has 0 radical (unpaired) electrons. The van der Waals surface area contributed by atoms with E-state index in [1.165, 1.54) is 14.0 Å². The molecule has 1 aromatic carbocycles. The molecule has 0 saturated carbocycles. The van der Waals surface area contributed by atoms with Crippen LogP contribution in [0.15, 0.2) is 30.3 Å². The van der Waals surface area contributed by atoms with Gasteiger partial charge in [-0.1, -0.05) is 30.3 Å². The van der Waals surface area contributed by atoms with Gasteiger partial charge >= 0.3 is 12.1 Å². The number of methoxy groups -OCH3 is 1. The Labute approximate surface area is 148 Å². The Hall–Kier alpha value is -2.57. The monoisotopic (exact) mass is 350 g/mol. The van der Waals surface area contributed by atoms with Crippen molar-refractivity contribution in [3.63, 3.8) is 0 Å². The van der Waals surface area contributed by atoms with Crippen molar-refractivity contribution in [1.82, 2.24) is 10.6 Å². The lowest BCUT2D eigenvalue weighted by molar-refractivity contribution is -0.145. The summed E-state index contributed by atoms with van der Waals surface area (Å²) in [4.78, 5) is 35.9. The number of hydrogen-bond acceptors (Lipinski definition) is 5. The molecule has 0 aliphatic carbocycles. The minimum absolute atomic E-state index is 0.290. The molecular formula is C18H26N2O5. The lowest BCUT2D eigenvalue weighted by atomic mass is 10.1. The highest BCUT2D eigenvalue weighted by Crippen LogP contribution is 2.07. The second-order valence-electron chi connectivity index (χ2n) is 6.64. The SMILES string of the molecule is COC(=O)[C@H](Cc1ccccc1)NC(=O)C(C)NC(=O)OC(C)(C)C. The Morgan fingerprint density at radius 2 is 1.68 bits per heavy atom. The normalized spacial score (nSPS) is 13.3. The fourth-order valence-corrected chi connectivity index (χ4v) is 2.03. The van der Waals surface area contributed by atoms with Crippen molar-refractivity contribution in [2.45, 2.75) is 51.8 Å². The fourth-order valence-electron chi connectivity index (χ4n) is 2.03. The van der Waals surface area contributed by atoms with E-state index in [0.29, 0.717) is 6.42 Å². The van der Waals surface area contributed by atoms with Crippen LogP contribution >= 0.6 is 0 Å². The molecule has 138 valence electrons. The smallest absolute Gasteiger partial charge is 0.408 e. The van der Waals surface area contributed by atoms with Gasteiger partial charge in [0.15, 0.2) is 0 Å². The predicted molar refractivity (Wildman–Crippen MR) is 92.9 cm³/mol. The first-order valence-corrected chi connectivity index (χ1v) is 8.04. The summed E-state index contributed by atoms with van der Waals surface area (Å²) < 4.78 is 9.85.